The molecular formula is C16H17NO2S. The number of ether oxygens (including phenoxy) is 1. The van der Waals surface area contributed by atoms with Crippen molar-refractivity contribution in [2.24, 2.45) is 0 Å². The molecule has 0 fully saturated rings. The molecule has 0 aliphatic carbocycles. The largest absolute Gasteiger partial charge is 0.371 e. The summed E-state index contributed by atoms with van der Waals surface area (Å²) in [4.78, 5) is 12.8. The van der Waals surface area contributed by atoms with E-state index in [2.05, 4.69) is 17.4 Å². The van der Waals surface area contributed by atoms with Crippen molar-refractivity contribution in [3.63, 3.8) is 0 Å². The van der Waals surface area contributed by atoms with Gasteiger partial charge >= 0.3 is 0 Å². The van der Waals surface area contributed by atoms with E-state index in [9.17, 15) is 4.79 Å². The Hall–Kier alpha value is -1.65. The average molecular weight is 287 g/mol. The van der Waals surface area contributed by atoms with Gasteiger partial charge in [-0.25, -0.2) is 0 Å². The van der Waals surface area contributed by atoms with Crippen LogP contribution in [0, 0.1) is 6.92 Å². The molecule has 0 spiro atoms. The molecule has 1 aromatic carbocycles. The summed E-state index contributed by atoms with van der Waals surface area (Å²) in [6.45, 7) is 3.19. The number of benzene rings is 1. The first-order valence-corrected chi connectivity index (χ1v) is 7.62. The lowest BCUT2D eigenvalue weighted by Gasteiger charge is -2.25. The minimum atomic E-state index is -0.00874. The molecule has 2 aromatic rings. The van der Waals surface area contributed by atoms with Crippen LogP contribution in [0.1, 0.15) is 26.4 Å². The zero-order valence-electron chi connectivity index (χ0n) is 11.4. The molecule has 1 aliphatic rings. The number of thiophene rings is 1. The highest BCUT2D eigenvalue weighted by atomic mass is 32.1. The second kappa shape index (κ2) is 5.77. The molecule has 0 saturated heterocycles. The van der Waals surface area contributed by atoms with Gasteiger partial charge in [-0.05, 0) is 35.1 Å². The van der Waals surface area contributed by atoms with Gasteiger partial charge in [0.05, 0.1) is 17.6 Å². The van der Waals surface area contributed by atoms with Gasteiger partial charge in [0.1, 0.15) is 0 Å². The maximum Gasteiger partial charge on any atom is 0.261 e. The Morgan fingerprint density at radius 3 is 2.95 bits per heavy atom. The van der Waals surface area contributed by atoms with Gasteiger partial charge in [-0.3, -0.25) is 4.79 Å². The molecule has 1 unspecified atom stereocenters. The summed E-state index contributed by atoms with van der Waals surface area (Å²) in [5, 5.41) is 4.95. The van der Waals surface area contributed by atoms with Gasteiger partial charge in [0.2, 0.25) is 0 Å². The third-order valence-electron chi connectivity index (χ3n) is 3.49. The predicted octanol–water partition coefficient (Wildman–Crippen LogP) is 2.93. The second-order valence-corrected chi connectivity index (χ2v) is 6.02. The lowest BCUT2D eigenvalue weighted by Crippen LogP contribution is -2.36. The first-order valence-electron chi connectivity index (χ1n) is 6.74. The van der Waals surface area contributed by atoms with Crippen LogP contribution in [0.2, 0.25) is 0 Å². The number of rotatable bonds is 3. The molecule has 1 atom stereocenters. The van der Waals surface area contributed by atoms with Crippen LogP contribution in [0.15, 0.2) is 35.7 Å². The smallest absolute Gasteiger partial charge is 0.261 e. The third kappa shape index (κ3) is 2.92. The van der Waals surface area contributed by atoms with Crippen LogP contribution in [0.5, 0.6) is 0 Å². The Morgan fingerprint density at radius 2 is 2.20 bits per heavy atom. The monoisotopic (exact) mass is 287 g/mol. The molecule has 1 aromatic heterocycles. The van der Waals surface area contributed by atoms with Crippen LogP contribution in [-0.4, -0.2) is 18.6 Å². The third-order valence-corrected chi connectivity index (χ3v) is 4.53. The fourth-order valence-corrected chi connectivity index (χ4v) is 3.20. The summed E-state index contributed by atoms with van der Waals surface area (Å²) in [5.74, 6) is -0.00874. The van der Waals surface area contributed by atoms with Crippen LogP contribution >= 0.6 is 11.3 Å². The van der Waals surface area contributed by atoms with Gasteiger partial charge in [-0.15, -0.1) is 11.3 Å². The van der Waals surface area contributed by atoms with Crippen molar-refractivity contribution in [1.29, 1.82) is 0 Å². The van der Waals surface area contributed by atoms with E-state index < -0.39 is 0 Å². The molecule has 1 N–H and O–H groups in total. The molecule has 0 saturated carbocycles. The quantitative estimate of drug-likeness (QED) is 0.942. The van der Waals surface area contributed by atoms with E-state index in [0.717, 1.165) is 16.9 Å². The zero-order valence-corrected chi connectivity index (χ0v) is 12.2. The van der Waals surface area contributed by atoms with Crippen molar-refractivity contribution in [2.75, 3.05) is 6.54 Å². The van der Waals surface area contributed by atoms with Crippen LogP contribution < -0.4 is 5.32 Å². The fraction of sp³-hybridized carbons (Fsp3) is 0.312. The normalized spacial score (nSPS) is 17.6. The Balaban J connectivity index is 1.56. The Labute approximate surface area is 122 Å². The van der Waals surface area contributed by atoms with Crippen LogP contribution in [-0.2, 0) is 17.8 Å². The predicted molar refractivity (Wildman–Crippen MR) is 80.1 cm³/mol. The van der Waals surface area contributed by atoms with Gasteiger partial charge in [0.15, 0.2) is 0 Å². The van der Waals surface area contributed by atoms with E-state index in [-0.39, 0.29) is 12.0 Å². The number of hydrogen-bond acceptors (Lipinski definition) is 3. The van der Waals surface area contributed by atoms with E-state index in [1.54, 1.807) is 0 Å². The molecule has 1 amide bonds. The number of nitrogens with one attached hydrogen (secondary N) is 1. The van der Waals surface area contributed by atoms with Gasteiger partial charge < -0.3 is 10.1 Å². The van der Waals surface area contributed by atoms with Crippen molar-refractivity contribution < 1.29 is 9.53 Å². The van der Waals surface area contributed by atoms with Crippen LogP contribution in [0.3, 0.4) is 0 Å². The van der Waals surface area contributed by atoms with Gasteiger partial charge in [-0.1, -0.05) is 24.3 Å². The number of carbonyl (C=O) groups excluding carboxylic acids is 1. The summed E-state index contributed by atoms with van der Waals surface area (Å²) >= 11 is 1.48. The van der Waals surface area contributed by atoms with Crippen molar-refractivity contribution in [2.45, 2.75) is 26.1 Å². The summed E-state index contributed by atoms with van der Waals surface area (Å²) in [7, 11) is 0. The van der Waals surface area contributed by atoms with Crippen molar-refractivity contribution >= 4 is 17.2 Å². The molecule has 2 heterocycles. The van der Waals surface area contributed by atoms with Gasteiger partial charge in [0, 0.05) is 13.0 Å². The highest BCUT2D eigenvalue weighted by Gasteiger charge is 2.19. The van der Waals surface area contributed by atoms with Crippen molar-refractivity contribution in [3.8, 4) is 0 Å². The van der Waals surface area contributed by atoms with E-state index in [4.69, 9.17) is 4.74 Å². The Bertz CT molecular complexity index is 620. The molecule has 4 heteroatoms. The average Bonchev–Trinajstić information content (AvgIpc) is 2.91. The number of amides is 1. The summed E-state index contributed by atoms with van der Waals surface area (Å²) in [6, 6.07) is 10.2. The minimum Gasteiger partial charge on any atom is -0.371 e. The van der Waals surface area contributed by atoms with Crippen molar-refractivity contribution in [1.82, 2.24) is 5.32 Å². The molecule has 1 aliphatic heterocycles. The lowest BCUT2D eigenvalue weighted by atomic mass is 9.99. The first-order chi connectivity index (χ1) is 9.72. The maximum absolute atomic E-state index is 12.0. The van der Waals surface area contributed by atoms with E-state index in [1.165, 1.54) is 22.5 Å². The van der Waals surface area contributed by atoms with E-state index >= 15 is 0 Å². The molecule has 3 rings (SSSR count). The molecule has 20 heavy (non-hydrogen) atoms. The Kier molecular flexibility index (Phi) is 3.85. The standard InChI is InChI=1S/C16H17NO2S/c1-11-6-15(20-10-11)16(18)17-8-14-7-12-4-2-3-5-13(12)9-19-14/h2-6,10,14H,7-9H2,1H3,(H,17,18). The number of hydrogen-bond donors (Lipinski definition) is 1. The van der Waals surface area contributed by atoms with E-state index in [1.807, 2.05) is 30.5 Å². The molecular weight excluding hydrogens is 270 g/mol. The van der Waals surface area contributed by atoms with Crippen molar-refractivity contribution in [3.05, 3.63) is 57.3 Å². The number of fused-ring (bicyclic) bond motifs is 1. The minimum absolute atomic E-state index is 0.00874. The topological polar surface area (TPSA) is 38.3 Å². The van der Waals surface area contributed by atoms with Crippen LogP contribution in [0.25, 0.3) is 0 Å². The highest BCUT2D eigenvalue weighted by molar-refractivity contribution is 7.12. The second-order valence-electron chi connectivity index (χ2n) is 5.10. The molecule has 0 radical (unpaired) electrons. The highest BCUT2D eigenvalue weighted by Crippen LogP contribution is 2.20. The Morgan fingerprint density at radius 1 is 1.40 bits per heavy atom. The molecule has 0 bridgehead atoms. The summed E-state index contributed by atoms with van der Waals surface area (Å²) in [5.41, 5.74) is 3.71. The van der Waals surface area contributed by atoms with Gasteiger partial charge in [-0.2, -0.15) is 0 Å². The SMILES string of the molecule is Cc1csc(C(=O)NCC2Cc3ccccc3CO2)c1. The van der Waals surface area contributed by atoms with Gasteiger partial charge in [0.25, 0.3) is 5.91 Å². The van der Waals surface area contributed by atoms with Crippen LogP contribution in [0.4, 0.5) is 0 Å². The lowest BCUT2D eigenvalue weighted by molar-refractivity contribution is 0.0285. The fourth-order valence-electron chi connectivity index (χ4n) is 2.38. The summed E-state index contributed by atoms with van der Waals surface area (Å²) < 4.78 is 5.78. The number of carbonyl (C=O) groups is 1. The number of aryl methyl sites for hydroxylation is 1. The first kappa shape index (κ1) is 13.3. The molecule has 3 nitrogen and oxygen atoms in total. The maximum atomic E-state index is 12.0. The summed E-state index contributed by atoms with van der Waals surface area (Å²) in [6.07, 6.45) is 0.926. The molecule has 104 valence electrons. The van der Waals surface area contributed by atoms with E-state index in [0.29, 0.717) is 13.2 Å². The zero-order chi connectivity index (χ0) is 13.9.